The van der Waals surface area contributed by atoms with E-state index in [9.17, 15) is 14.9 Å². The standard InChI is InChI=1S/C12H16N2O4S/c15-8-2-4-9-3-1-7-13(9)12(16)10-5-6-11(19-10)14(17)18/h5-6,9,15H,1-4,7-8H2. The van der Waals surface area contributed by atoms with E-state index in [4.69, 9.17) is 5.11 Å². The summed E-state index contributed by atoms with van der Waals surface area (Å²) in [4.78, 5) is 24.7. The van der Waals surface area contributed by atoms with Crippen LogP contribution >= 0.6 is 11.3 Å². The van der Waals surface area contributed by atoms with Crippen LogP contribution in [0.25, 0.3) is 0 Å². The zero-order chi connectivity index (χ0) is 13.8. The summed E-state index contributed by atoms with van der Waals surface area (Å²) in [6.07, 6.45) is 3.36. The van der Waals surface area contributed by atoms with Gasteiger partial charge in [-0.2, -0.15) is 0 Å². The van der Waals surface area contributed by atoms with Crippen LogP contribution in [0.2, 0.25) is 0 Å². The molecule has 0 aliphatic carbocycles. The van der Waals surface area contributed by atoms with E-state index in [1.807, 2.05) is 0 Å². The zero-order valence-electron chi connectivity index (χ0n) is 10.4. The first-order valence-corrected chi connectivity index (χ1v) is 7.11. The van der Waals surface area contributed by atoms with E-state index in [0.29, 0.717) is 17.8 Å². The fourth-order valence-corrected chi connectivity index (χ4v) is 3.19. The lowest BCUT2D eigenvalue weighted by Crippen LogP contribution is -2.35. The Kier molecular flexibility index (Phi) is 4.49. The minimum atomic E-state index is -0.478. The maximum absolute atomic E-state index is 12.3. The number of rotatable bonds is 5. The van der Waals surface area contributed by atoms with Gasteiger partial charge in [-0.15, -0.1) is 0 Å². The maximum Gasteiger partial charge on any atom is 0.324 e. The first-order chi connectivity index (χ1) is 9.13. The molecule has 6 nitrogen and oxygen atoms in total. The van der Waals surface area contributed by atoms with E-state index in [1.54, 1.807) is 4.90 Å². The van der Waals surface area contributed by atoms with Gasteiger partial charge >= 0.3 is 5.00 Å². The summed E-state index contributed by atoms with van der Waals surface area (Å²) in [7, 11) is 0. The Morgan fingerprint density at radius 3 is 3.00 bits per heavy atom. The number of thiophene rings is 1. The molecule has 1 saturated heterocycles. The van der Waals surface area contributed by atoms with Gasteiger partial charge in [0.2, 0.25) is 0 Å². The van der Waals surface area contributed by atoms with E-state index in [1.165, 1.54) is 12.1 Å². The van der Waals surface area contributed by atoms with E-state index >= 15 is 0 Å². The fraction of sp³-hybridized carbons (Fsp3) is 0.583. The van der Waals surface area contributed by atoms with Crippen molar-refractivity contribution in [2.24, 2.45) is 0 Å². The van der Waals surface area contributed by atoms with Gasteiger partial charge in [0.1, 0.15) is 0 Å². The molecule has 1 aromatic rings. The number of aliphatic hydroxyl groups excluding tert-OH is 1. The summed E-state index contributed by atoms with van der Waals surface area (Å²) in [5.74, 6) is -0.126. The van der Waals surface area contributed by atoms with Crippen LogP contribution < -0.4 is 0 Å². The van der Waals surface area contributed by atoms with Crippen molar-refractivity contribution in [3.05, 3.63) is 27.1 Å². The molecule has 19 heavy (non-hydrogen) atoms. The van der Waals surface area contributed by atoms with Crippen molar-refractivity contribution in [2.75, 3.05) is 13.2 Å². The van der Waals surface area contributed by atoms with Gasteiger partial charge in [-0.05, 0) is 31.7 Å². The molecular formula is C12H16N2O4S. The second-order valence-electron chi connectivity index (χ2n) is 4.56. The van der Waals surface area contributed by atoms with E-state index in [-0.39, 0.29) is 23.6 Å². The van der Waals surface area contributed by atoms with Crippen LogP contribution in [0, 0.1) is 10.1 Å². The Morgan fingerprint density at radius 2 is 2.37 bits per heavy atom. The Balaban J connectivity index is 2.07. The molecule has 1 atom stereocenters. The molecule has 2 rings (SSSR count). The van der Waals surface area contributed by atoms with E-state index in [0.717, 1.165) is 30.6 Å². The molecular weight excluding hydrogens is 268 g/mol. The minimum Gasteiger partial charge on any atom is -0.396 e. The Bertz CT molecular complexity index is 474. The Labute approximate surface area is 114 Å². The third-order valence-corrected chi connectivity index (χ3v) is 4.34. The molecule has 0 saturated carbocycles. The summed E-state index contributed by atoms with van der Waals surface area (Å²) < 4.78 is 0. The highest BCUT2D eigenvalue weighted by Gasteiger charge is 2.30. The molecule has 1 amide bonds. The van der Waals surface area contributed by atoms with Crippen molar-refractivity contribution in [1.29, 1.82) is 0 Å². The lowest BCUT2D eigenvalue weighted by molar-refractivity contribution is -0.380. The van der Waals surface area contributed by atoms with Gasteiger partial charge in [0.25, 0.3) is 5.91 Å². The molecule has 0 bridgehead atoms. The highest BCUT2D eigenvalue weighted by molar-refractivity contribution is 7.17. The van der Waals surface area contributed by atoms with Crippen molar-refractivity contribution >= 4 is 22.2 Å². The van der Waals surface area contributed by atoms with Gasteiger partial charge in [0.15, 0.2) is 0 Å². The molecule has 2 heterocycles. The molecule has 0 aromatic carbocycles. The van der Waals surface area contributed by atoms with Gasteiger partial charge < -0.3 is 10.0 Å². The summed E-state index contributed by atoms with van der Waals surface area (Å²) in [6.45, 7) is 0.823. The second-order valence-corrected chi connectivity index (χ2v) is 5.62. The topological polar surface area (TPSA) is 83.7 Å². The summed E-state index contributed by atoms with van der Waals surface area (Å²) in [5.41, 5.74) is 0. The average molecular weight is 284 g/mol. The first-order valence-electron chi connectivity index (χ1n) is 6.29. The molecule has 104 valence electrons. The average Bonchev–Trinajstić information content (AvgIpc) is 3.04. The highest BCUT2D eigenvalue weighted by Crippen LogP contribution is 2.29. The zero-order valence-corrected chi connectivity index (χ0v) is 11.3. The highest BCUT2D eigenvalue weighted by atomic mass is 32.1. The van der Waals surface area contributed by atoms with Crippen LogP contribution in [0.15, 0.2) is 12.1 Å². The Hall–Kier alpha value is -1.47. The summed E-state index contributed by atoms with van der Waals surface area (Å²) in [6, 6.07) is 3.05. The Morgan fingerprint density at radius 1 is 1.58 bits per heavy atom. The normalized spacial score (nSPS) is 18.8. The molecule has 0 radical (unpaired) electrons. The van der Waals surface area contributed by atoms with Crippen LogP contribution in [-0.2, 0) is 0 Å². The van der Waals surface area contributed by atoms with Crippen molar-refractivity contribution in [3.8, 4) is 0 Å². The third-order valence-electron chi connectivity index (χ3n) is 3.32. The number of carbonyl (C=O) groups is 1. The number of nitrogens with zero attached hydrogens (tertiary/aromatic N) is 2. The molecule has 1 aromatic heterocycles. The van der Waals surface area contributed by atoms with Gasteiger partial charge in [0.05, 0.1) is 9.80 Å². The van der Waals surface area contributed by atoms with Crippen LogP contribution in [0.3, 0.4) is 0 Å². The number of amides is 1. The summed E-state index contributed by atoms with van der Waals surface area (Å²) >= 11 is 0.922. The minimum absolute atomic E-state index is 0.00513. The maximum atomic E-state index is 12.3. The van der Waals surface area contributed by atoms with E-state index in [2.05, 4.69) is 0 Å². The monoisotopic (exact) mass is 284 g/mol. The van der Waals surface area contributed by atoms with Crippen molar-refractivity contribution in [2.45, 2.75) is 31.7 Å². The lowest BCUT2D eigenvalue weighted by Gasteiger charge is -2.23. The number of likely N-dealkylation sites (tertiary alicyclic amines) is 1. The van der Waals surface area contributed by atoms with Crippen molar-refractivity contribution < 1.29 is 14.8 Å². The number of hydrogen-bond acceptors (Lipinski definition) is 5. The predicted octanol–water partition coefficient (Wildman–Crippen LogP) is 2.03. The van der Waals surface area contributed by atoms with Crippen LogP contribution in [0.5, 0.6) is 0 Å². The summed E-state index contributed by atoms with van der Waals surface area (Å²) in [5, 5.41) is 19.5. The molecule has 7 heteroatoms. The van der Waals surface area contributed by atoms with Gasteiger partial charge in [-0.3, -0.25) is 14.9 Å². The smallest absolute Gasteiger partial charge is 0.324 e. The lowest BCUT2D eigenvalue weighted by atomic mass is 10.1. The second kappa shape index (κ2) is 6.12. The fourth-order valence-electron chi connectivity index (χ4n) is 2.41. The molecule has 1 aliphatic heterocycles. The molecule has 0 spiro atoms. The first kappa shape index (κ1) is 14.0. The van der Waals surface area contributed by atoms with Crippen LogP contribution in [-0.4, -0.2) is 40.0 Å². The largest absolute Gasteiger partial charge is 0.396 e. The van der Waals surface area contributed by atoms with Gasteiger partial charge in [-0.25, -0.2) is 0 Å². The number of carbonyl (C=O) groups excluding carboxylic acids is 1. The van der Waals surface area contributed by atoms with E-state index < -0.39 is 4.92 Å². The SMILES string of the molecule is O=C(c1ccc([N+](=O)[O-])s1)N1CCCC1CCCO. The van der Waals surface area contributed by atoms with Crippen molar-refractivity contribution in [1.82, 2.24) is 4.90 Å². The molecule has 1 aliphatic rings. The van der Waals surface area contributed by atoms with Crippen molar-refractivity contribution in [3.63, 3.8) is 0 Å². The molecule has 1 N–H and O–H groups in total. The number of aliphatic hydroxyl groups is 1. The van der Waals surface area contributed by atoms with Crippen LogP contribution in [0.4, 0.5) is 5.00 Å². The molecule has 1 fully saturated rings. The van der Waals surface area contributed by atoms with Gasteiger partial charge in [-0.1, -0.05) is 11.3 Å². The molecule has 1 unspecified atom stereocenters. The number of hydrogen-bond donors (Lipinski definition) is 1. The third kappa shape index (κ3) is 3.10. The number of nitro groups is 1. The van der Waals surface area contributed by atoms with Crippen LogP contribution in [0.1, 0.15) is 35.4 Å². The predicted molar refractivity (Wildman–Crippen MR) is 71.4 cm³/mol. The van der Waals surface area contributed by atoms with Gasteiger partial charge in [0, 0.05) is 25.3 Å². The quantitative estimate of drug-likeness (QED) is 0.662.